The number of nitrogens with one attached hydrogen (secondary N) is 1. The van der Waals surface area contributed by atoms with E-state index < -0.39 is 0 Å². The lowest BCUT2D eigenvalue weighted by atomic mass is 10.3. The van der Waals surface area contributed by atoms with Gasteiger partial charge in [0.1, 0.15) is 11.2 Å². The Morgan fingerprint density at radius 1 is 1.45 bits per heavy atom. The van der Waals surface area contributed by atoms with Crippen LogP contribution in [0.5, 0.6) is 0 Å². The molecule has 0 saturated carbocycles. The van der Waals surface area contributed by atoms with E-state index in [1.54, 1.807) is 27.1 Å². The monoisotopic (exact) mass is 322 g/mol. The average molecular weight is 322 g/mol. The second-order valence-electron chi connectivity index (χ2n) is 5.31. The number of hydrogen-bond acceptors (Lipinski definition) is 5. The fourth-order valence-corrected chi connectivity index (χ4v) is 3.09. The Kier molecular flexibility index (Phi) is 5.68. The third-order valence-corrected chi connectivity index (χ3v) is 4.48. The highest BCUT2D eigenvalue weighted by molar-refractivity contribution is 7.18. The molecule has 6 nitrogen and oxygen atoms in total. The molecule has 0 aromatic carbocycles. The second-order valence-corrected chi connectivity index (χ2v) is 6.43. The molecule has 2 rings (SSSR count). The van der Waals surface area contributed by atoms with Crippen molar-refractivity contribution in [2.45, 2.75) is 33.4 Å². The van der Waals surface area contributed by atoms with Crippen LogP contribution in [0.2, 0.25) is 0 Å². The van der Waals surface area contributed by atoms with Gasteiger partial charge in [-0.15, -0.1) is 11.3 Å². The molecule has 0 spiro atoms. The number of rotatable bonds is 7. The van der Waals surface area contributed by atoms with E-state index in [1.165, 1.54) is 0 Å². The van der Waals surface area contributed by atoms with Crippen molar-refractivity contribution in [3.8, 4) is 0 Å². The lowest BCUT2D eigenvalue weighted by molar-refractivity contribution is -0.122. The van der Waals surface area contributed by atoms with Crippen LogP contribution < -0.4 is 10.9 Å². The number of hydrogen-bond donors (Lipinski definition) is 1. The molecule has 2 aromatic rings. The van der Waals surface area contributed by atoms with Crippen molar-refractivity contribution in [2.75, 3.05) is 20.1 Å². The largest absolute Gasteiger partial charge is 0.355 e. The third-order valence-electron chi connectivity index (χ3n) is 3.30. The van der Waals surface area contributed by atoms with Gasteiger partial charge < -0.3 is 5.32 Å². The molecule has 1 amide bonds. The Bertz CT molecular complexity index is 707. The zero-order valence-electron chi connectivity index (χ0n) is 13.3. The van der Waals surface area contributed by atoms with Crippen LogP contribution in [-0.2, 0) is 17.9 Å². The summed E-state index contributed by atoms with van der Waals surface area (Å²) in [5, 5.41) is 3.48. The molecule has 0 unspecified atom stereocenters. The van der Waals surface area contributed by atoms with E-state index in [9.17, 15) is 9.59 Å². The summed E-state index contributed by atoms with van der Waals surface area (Å²) < 4.78 is 1.54. The maximum atomic E-state index is 12.5. The van der Waals surface area contributed by atoms with Crippen molar-refractivity contribution in [3.05, 3.63) is 27.6 Å². The van der Waals surface area contributed by atoms with Gasteiger partial charge in [-0.25, -0.2) is 4.98 Å². The minimum Gasteiger partial charge on any atom is -0.355 e. The zero-order chi connectivity index (χ0) is 16.1. The number of nitrogens with zero attached hydrogens (tertiary/aromatic N) is 3. The summed E-state index contributed by atoms with van der Waals surface area (Å²) >= 11 is 1.56. The predicted octanol–water partition coefficient (Wildman–Crippen LogP) is 1.44. The minimum atomic E-state index is -0.0539. The van der Waals surface area contributed by atoms with Crippen LogP contribution >= 0.6 is 11.3 Å². The number of fused-ring (bicyclic) bond motifs is 1. The summed E-state index contributed by atoms with van der Waals surface area (Å²) in [4.78, 5) is 32.2. The van der Waals surface area contributed by atoms with Crippen LogP contribution in [0.4, 0.5) is 0 Å². The van der Waals surface area contributed by atoms with Gasteiger partial charge in [-0.1, -0.05) is 13.8 Å². The molecule has 0 aliphatic heterocycles. The van der Waals surface area contributed by atoms with Crippen molar-refractivity contribution < 1.29 is 4.79 Å². The van der Waals surface area contributed by atoms with E-state index in [2.05, 4.69) is 17.2 Å². The molecule has 2 aromatic heterocycles. The van der Waals surface area contributed by atoms with Gasteiger partial charge in [-0.3, -0.25) is 19.1 Å². The smallest absolute Gasteiger partial charge is 0.263 e. The Balaban J connectivity index is 2.09. The standard InChI is InChI=1S/C15H22N4O2S/c1-4-6-16-13(20)8-18(3)10-19-9-17-14-12(15(19)21)7-11(5-2)22-14/h7,9H,4-6,8,10H2,1-3H3,(H,16,20). The van der Waals surface area contributed by atoms with Gasteiger partial charge in [0.05, 0.1) is 18.6 Å². The molecule has 0 radical (unpaired) electrons. The van der Waals surface area contributed by atoms with Crippen LogP contribution in [0, 0.1) is 0 Å². The number of aromatic nitrogens is 2. The number of likely N-dealkylation sites (N-methyl/N-ethyl adjacent to an activating group) is 1. The average Bonchev–Trinajstić information content (AvgIpc) is 2.92. The minimum absolute atomic E-state index is 0.0322. The first-order valence-electron chi connectivity index (χ1n) is 7.48. The quantitative estimate of drug-likeness (QED) is 0.837. The van der Waals surface area contributed by atoms with Crippen LogP contribution in [0.1, 0.15) is 25.1 Å². The molecule has 0 bridgehead atoms. The highest BCUT2D eigenvalue weighted by Gasteiger charge is 2.11. The fraction of sp³-hybridized carbons (Fsp3) is 0.533. The van der Waals surface area contributed by atoms with E-state index in [4.69, 9.17) is 0 Å². The first kappa shape index (κ1) is 16.6. The zero-order valence-corrected chi connectivity index (χ0v) is 14.1. The number of carbonyl (C=O) groups is 1. The maximum Gasteiger partial charge on any atom is 0.263 e. The van der Waals surface area contributed by atoms with Crippen molar-refractivity contribution in [2.24, 2.45) is 0 Å². The van der Waals surface area contributed by atoms with E-state index in [1.807, 2.05) is 20.0 Å². The molecule has 0 atom stereocenters. The number of aryl methyl sites for hydroxylation is 1. The number of amides is 1. The molecule has 7 heteroatoms. The first-order valence-corrected chi connectivity index (χ1v) is 8.29. The van der Waals surface area contributed by atoms with Gasteiger partial charge in [0.2, 0.25) is 5.91 Å². The Hall–Kier alpha value is -1.73. The molecule has 0 fully saturated rings. The lowest BCUT2D eigenvalue weighted by Crippen LogP contribution is -2.38. The Morgan fingerprint density at radius 2 is 2.23 bits per heavy atom. The van der Waals surface area contributed by atoms with Crippen molar-refractivity contribution in [3.63, 3.8) is 0 Å². The third kappa shape index (κ3) is 3.92. The van der Waals surface area contributed by atoms with E-state index in [-0.39, 0.29) is 18.0 Å². The molecule has 1 N–H and O–H groups in total. The van der Waals surface area contributed by atoms with Crippen molar-refractivity contribution in [1.29, 1.82) is 0 Å². The molecule has 0 aliphatic carbocycles. The summed E-state index contributed by atoms with van der Waals surface area (Å²) in [5.41, 5.74) is -0.0539. The van der Waals surface area contributed by atoms with Crippen LogP contribution in [0.15, 0.2) is 17.2 Å². The van der Waals surface area contributed by atoms with E-state index in [0.717, 1.165) is 22.5 Å². The Morgan fingerprint density at radius 3 is 2.91 bits per heavy atom. The van der Waals surface area contributed by atoms with Gasteiger partial charge in [-0.2, -0.15) is 0 Å². The van der Waals surface area contributed by atoms with Crippen molar-refractivity contribution >= 4 is 27.5 Å². The summed E-state index contributed by atoms with van der Waals surface area (Å²) in [6.07, 6.45) is 3.37. The summed E-state index contributed by atoms with van der Waals surface area (Å²) in [7, 11) is 1.81. The van der Waals surface area contributed by atoms with Gasteiger partial charge in [-0.05, 0) is 26.0 Å². The normalized spacial score (nSPS) is 11.3. The SMILES string of the molecule is CCCNC(=O)CN(C)Cn1cnc2sc(CC)cc2c1=O. The molecule has 0 saturated heterocycles. The van der Waals surface area contributed by atoms with Crippen LogP contribution in [-0.4, -0.2) is 40.5 Å². The highest BCUT2D eigenvalue weighted by atomic mass is 32.1. The second kappa shape index (κ2) is 7.51. The first-order chi connectivity index (χ1) is 10.5. The summed E-state index contributed by atoms with van der Waals surface area (Å²) in [6, 6.07) is 1.92. The fourth-order valence-electron chi connectivity index (χ4n) is 2.16. The van der Waals surface area contributed by atoms with E-state index in [0.29, 0.717) is 18.6 Å². The van der Waals surface area contributed by atoms with Crippen molar-refractivity contribution in [1.82, 2.24) is 19.8 Å². The molecule has 0 aliphatic rings. The predicted molar refractivity (Wildman–Crippen MR) is 89.2 cm³/mol. The molecule has 2 heterocycles. The summed E-state index contributed by atoms with van der Waals surface area (Å²) in [6.45, 7) is 5.35. The van der Waals surface area contributed by atoms with Crippen LogP contribution in [0.25, 0.3) is 10.2 Å². The van der Waals surface area contributed by atoms with Gasteiger partial charge in [0.25, 0.3) is 5.56 Å². The van der Waals surface area contributed by atoms with Gasteiger partial charge >= 0.3 is 0 Å². The topological polar surface area (TPSA) is 67.2 Å². The summed E-state index contributed by atoms with van der Waals surface area (Å²) in [5.74, 6) is -0.0322. The van der Waals surface area contributed by atoms with Gasteiger partial charge in [0, 0.05) is 11.4 Å². The van der Waals surface area contributed by atoms with E-state index >= 15 is 0 Å². The number of carbonyl (C=O) groups excluding carboxylic acids is 1. The highest BCUT2D eigenvalue weighted by Crippen LogP contribution is 2.20. The molecule has 22 heavy (non-hydrogen) atoms. The molecular formula is C15H22N4O2S. The molecular weight excluding hydrogens is 300 g/mol. The van der Waals surface area contributed by atoms with Crippen LogP contribution in [0.3, 0.4) is 0 Å². The Labute approximate surface area is 133 Å². The lowest BCUT2D eigenvalue weighted by Gasteiger charge is -2.17. The number of thiophene rings is 1. The molecule has 120 valence electrons. The maximum absolute atomic E-state index is 12.5. The van der Waals surface area contributed by atoms with Gasteiger partial charge in [0.15, 0.2) is 0 Å².